The minimum absolute atomic E-state index is 0.643. The van der Waals surface area contributed by atoms with E-state index in [0.29, 0.717) is 5.92 Å². The summed E-state index contributed by atoms with van der Waals surface area (Å²) in [4.78, 5) is 4.72. The lowest BCUT2D eigenvalue weighted by atomic mass is 10.1. The van der Waals surface area contributed by atoms with Gasteiger partial charge >= 0.3 is 0 Å². The molecule has 2 N–H and O–H groups in total. The van der Waals surface area contributed by atoms with Crippen molar-refractivity contribution in [3.63, 3.8) is 0 Å². The summed E-state index contributed by atoms with van der Waals surface area (Å²) < 4.78 is 2.21. The Kier molecular flexibility index (Phi) is 2.13. The molecule has 3 heteroatoms. The molecule has 1 saturated carbocycles. The minimum Gasteiger partial charge on any atom is -0.399 e. The zero-order chi connectivity index (χ0) is 11.1. The number of fused-ring (bicyclic) bond motifs is 1. The Morgan fingerprint density at radius 2 is 2.12 bits per heavy atom. The van der Waals surface area contributed by atoms with Gasteiger partial charge in [-0.2, -0.15) is 0 Å². The number of nitrogen functional groups attached to an aromatic ring is 1. The Bertz CT molecular complexity index is 521. The second-order valence-electron chi connectivity index (χ2n) is 4.75. The van der Waals surface area contributed by atoms with Crippen molar-refractivity contribution in [2.75, 3.05) is 5.73 Å². The highest BCUT2D eigenvalue weighted by Gasteiger charge is 2.22. The van der Waals surface area contributed by atoms with Gasteiger partial charge in [-0.15, -0.1) is 0 Å². The predicted octanol–water partition coefficient (Wildman–Crippen LogP) is 2.88. The highest BCUT2D eigenvalue weighted by molar-refractivity contribution is 5.60. The Hall–Kier alpha value is -1.51. The first-order valence-corrected chi connectivity index (χ1v) is 6.00. The molecule has 2 aromatic rings. The SMILES string of the molecule is Cc1nc(C2CCCC2)n2ccc(N)cc12. The van der Waals surface area contributed by atoms with Crippen molar-refractivity contribution in [2.24, 2.45) is 0 Å². The first-order valence-electron chi connectivity index (χ1n) is 6.00. The largest absolute Gasteiger partial charge is 0.399 e. The third-order valence-electron chi connectivity index (χ3n) is 3.60. The monoisotopic (exact) mass is 215 g/mol. The number of hydrogen-bond acceptors (Lipinski definition) is 2. The van der Waals surface area contributed by atoms with Crippen molar-refractivity contribution in [1.82, 2.24) is 9.38 Å². The molecule has 0 unspecified atom stereocenters. The maximum absolute atomic E-state index is 5.81. The van der Waals surface area contributed by atoms with Gasteiger partial charge in [0, 0.05) is 17.8 Å². The van der Waals surface area contributed by atoms with Gasteiger partial charge in [0.15, 0.2) is 0 Å². The zero-order valence-electron chi connectivity index (χ0n) is 9.61. The summed E-state index contributed by atoms with van der Waals surface area (Å²) in [6, 6.07) is 3.97. The van der Waals surface area contributed by atoms with Gasteiger partial charge < -0.3 is 10.1 Å². The fourth-order valence-corrected chi connectivity index (χ4v) is 2.75. The molecule has 2 heterocycles. The van der Waals surface area contributed by atoms with Gasteiger partial charge in [0.25, 0.3) is 0 Å². The van der Waals surface area contributed by atoms with Crippen molar-refractivity contribution in [1.29, 1.82) is 0 Å². The lowest BCUT2D eigenvalue weighted by molar-refractivity contribution is 0.664. The third kappa shape index (κ3) is 1.39. The maximum Gasteiger partial charge on any atom is 0.116 e. The molecule has 3 nitrogen and oxygen atoms in total. The summed E-state index contributed by atoms with van der Waals surface area (Å²) in [5.41, 5.74) is 8.87. The molecule has 0 atom stereocenters. The molecule has 0 amide bonds. The van der Waals surface area contributed by atoms with Crippen LogP contribution in [0.25, 0.3) is 5.52 Å². The van der Waals surface area contributed by atoms with Crippen molar-refractivity contribution < 1.29 is 0 Å². The second kappa shape index (κ2) is 3.51. The normalized spacial score (nSPS) is 17.3. The van der Waals surface area contributed by atoms with E-state index in [1.165, 1.54) is 31.5 Å². The molecule has 0 aromatic carbocycles. The number of imidazole rings is 1. The topological polar surface area (TPSA) is 43.3 Å². The van der Waals surface area contributed by atoms with E-state index in [-0.39, 0.29) is 0 Å². The van der Waals surface area contributed by atoms with Gasteiger partial charge in [-0.25, -0.2) is 4.98 Å². The van der Waals surface area contributed by atoms with E-state index in [1.807, 2.05) is 12.1 Å². The molecule has 1 fully saturated rings. The Morgan fingerprint density at radius 1 is 1.38 bits per heavy atom. The summed E-state index contributed by atoms with van der Waals surface area (Å²) in [6.45, 7) is 2.06. The fourth-order valence-electron chi connectivity index (χ4n) is 2.75. The highest BCUT2D eigenvalue weighted by atomic mass is 15.0. The smallest absolute Gasteiger partial charge is 0.116 e. The second-order valence-corrected chi connectivity index (χ2v) is 4.75. The molecule has 16 heavy (non-hydrogen) atoms. The van der Waals surface area contributed by atoms with Crippen molar-refractivity contribution in [2.45, 2.75) is 38.5 Å². The number of hydrogen-bond donors (Lipinski definition) is 1. The number of aromatic nitrogens is 2. The minimum atomic E-state index is 0.643. The van der Waals surface area contributed by atoms with Crippen LogP contribution < -0.4 is 5.73 Å². The molecule has 3 rings (SSSR count). The van der Waals surface area contributed by atoms with E-state index in [1.54, 1.807) is 0 Å². The lowest BCUT2D eigenvalue weighted by Crippen LogP contribution is -2.00. The predicted molar refractivity (Wildman–Crippen MR) is 65.6 cm³/mol. The first kappa shape index (κ1) is 9.70. The van der Waals surface area contributed by atoms with Crippen LogP contribution in [0.2, 0.25) is 0 Å². The van der Waals surface area contributed by atoms with Crippen molar-refractivity contribution >= 4 is 11.2 Å². The van der Waals surface area contributed by atoms with E-state index in [9.17, 15) is 0 Å². The highest BCUT2D eigenvalue weighted by Crippen LogP contribution is 2.34. The standard InChI is InChI=1S/C13H17N3/c1-9-12-8-11(14)6-7-16(12)13(15-9)10-4-2-3-5-10/h6-8,10H,2-5,14H2,1H3. The maximum atomic E-state index is 5.81. The molecule has 0 bridgehead atoms. The fraction of sp³-hybridized carbons (Fsp3) is 0.462. The third-order valence-corrected chi connectivity index (χ3v) is 3.60. The van der Waals surface area contributed by atoms with Crippen LogP contribution >= 0.6 is 0 Å². The van der Waals surface area contributed by atoms with E-state index in [0.717, 1.165) is 16.9 Å². The number of nitrogens with zero attached hydrogens (tertiary/aromatic N) is 2. The van der Waals surface area contributed by atoms with Gasteiger partial charge in [-0.05, 0) is 31.9 Å². The number of anilines is 1. The number of nitrogens with two attached hydrogens (primary N) is 1. The van der Waals surface area contributed by atoms with Crippen molar-refractivity contribution in [3.05, 3.63) is 29.8 Å². The van der Waals surface area contributed by atoms with Gasteiger partial charge in [-0.1, -0.05) is 12.8 Å². The van der Waals surface area contributed by atoms with E-state index < -0.39 is 0 Å². The van der Waals surface area contributed by atoms with Crippen molar-refractivity contribution in [3.8, 4) is 0 Å². The van der Waals surface area contributed by atoms with Crippen LogP contribution in [-0.2, 0) is 0 Å². The van der Waals surface area contributed by atoms with Gasteiger partial charge in [0.05, 0.1) is 11.2 Å². The Morgan fingerprint density at radius 3 is 2.88 bits per heavy atom. The lowest BCUT2D eigenvalue weighted by Gasteiger charge is -2.07. The molecule has 84 valence electrons. The van der Waals surface area contributed by atoms with Crippen LogP contribution in [0.4, 0.5) is 5.69 Å². The van der Waals surface area contributed by atoms with Gasteiger partial charge in [0.1, 0.15) is 5.82 Å². The summed E-state index contributed by atoms with van der Waals surface area (Å²) >= 11 is 0. The Labute approximate surface area is 95.3 Å². The summed E-state index contributed by atoms with van der Waals surface area (Å²) in [7, 11) is 0. The van der Waals surface area contributed by atoms with Crippen LogP contribution in [-0.4, -0.2) is 9.38 Å². The molecule has 1 aliphatic carbocycles. The molecule has 0 spiro atoms. The van der Waals surface area contributed by atoms with E-state index >= 15 is 0 Å². The number of aryl methyl sites for hydroxylation is 1. The summed E-state index contributed by atoms with van der Waals surface area (Å²) in [5, 5.41) is 0. The molecular formula is C13H17N3. The average Bonchev–Trinajstić information content (AvgIpc) is 2.87. The van der Waals surface area contributed by atoms with E-state index in [2.05, 4.69) is 17.5 Å². The molecule has 0 saturated heterocycles. The zero-order valence-corrected chi connectivity index (χ0v) is 9.61. The van der Waals surface area contributed by atoms with Gasteiger partial charge in [0.2, 0.25) is 0 Å². The Balaban J connectivity index is 2.18. The molecule has 0 radical (unpaired) electrons. The molecule has 1 aliphatic rings. The average molecular weight is 215 g/mol. The molecule has 2 aromatic heterocycles. The first-order chi connectivity index (χ1) is 7.75. The van der Waals surface area contributed by atoms with Gasteiger partial charge in [-0.3, -0.25) is 0 Å². The number of pyridine rings is 1. The van der Waals surface area contributed by atoms with Crippen LogP contribution in [0.15, 0.2) is 18.3 Å². The quantitative estimate of drug-likeness (QED) is 0.794. The van der Waals surface area contributed by atoms with Crippen LogP contribution in [0.5, 0.6) is 0 Å². The van der Waals surface area contributed by atoms with Crippen LogP contribution in [0.1, 0.15) is 43.1 Å². The van der Waals surface area contributed by atoms with E-state index in [4.69, 9.17) is 10.7 Å². The summed E-state index contributed by atoms with van der Waals surface area (Å²) in [6.07, 6.45) is 7.30. The molecule has 0 aliphatic heterocycles. The molecular weight excluding hydrogens is 198 g/mol. The van der Waals surface area contributed by atoms with Crippen LogP contribution in [0.3, 0.4) is 0 Å². The number of rotatable bonds is 1. The van der Waals surface area contributed by atoms with Crippen LogP contribution in [0, 0.1) is 6.92 Å². The summed E-state index contributed by atoms with van der Waals surface area (Å²) in [5.74, 6) is 1.87.